The Kier molecular flexibility index (Phi) is 17.2. The van der Waals surface area contributed by atoms with E-state index in [-0.39, 0.29) is 0 Å². The van der Waals surface area contributed by atoms with Gasteiger partial charge in [-0.15, -0.1) is 0 Å². The molecule has 0 unspecified atom stereocenters. The lowest BCUT2D eigenvalue weighted by Crippen LogP contribution is -2.14. The zero-order valence-electron chi connectivity index (χ0n) is 33.3. The maximum absolute atomic E-state index is 12.5. The summed E-state index contributed by atoms with van der Waals surface area (Å²) in [6.45, 7) is 13.2. The van der Waals surface area contributed by atoms with Gasteiger partial charge < -0.3 is 37.9 Å². The van der Waals surface area contributed by atoms with Gasteiger partial charge in [-0.05, 0) is 96.5 Å². The van der Waals surface area contributed by atoms with E-state index in [1.54, 1.807) is 0 Å². The summed E-state index contributed by atoms with van der Waals surface area (Å²) in [7, 11) is 0. The zero-order chi connectivity index (χ0) is 39.5. The molecular formula is C46H56O10. The largest absolute Gasteiger partial charge is 0.491 e. The van der Waals surface area contributed by atoms with Gasteiger partial charge in [-0.3, -0.25) is 9.59 Å². The monoisotopic (exact) mass is 768 g/mol. The van der Waals surface area contributed by atoms with Crippen LogP contribution in [-0.2, 0) is 44.6 Å². The van der Waals surface area contributed by atoms with Crippen LogP contribution >= 0.6 is 0 Å². The number of hydrogen-bond donors (Lipinski definition) is 0. The second-order valence-corrected chi connectivity index (χ2v) is 13.3. The van der Waals surface area contributed by atoms with Gasteiger partial charge in [-0.25, -0.2) is 0 Å². The molecule has 300 valence electrons. The fourth-order valence-electron chi connectivity index (χ4n) is 7.01. The first-order chi connectivity index (χ1) is 27.5. The van der Waals surface area contributed by atoms with E-state index in [1.807, 2.05) is 88.4 Å². The Balaban J connectivity index is 1.76. The first-order valence-electron chi connectivity index (χ1n) is 19.8. The summed E-state index contributed by atoms with van der Waals surface area (Å²) in [5.41, 5.74) is 8.15. The van der Waals surface area contributed by atoms with Crippen LogP contribution in [0.5, 0.6) is 23.0 Å². The highest BCUT2D eigenvalue weighted by Gasteiger charge is 2.23. The summed E-state index contributed by atoms with van der Waals surface area (Å²) in [6.07, 6.45) is 3.45. The SMILES string of the molecule is CCOCCOc1c2cccc1Cc1cc(C=O)cc(c1OCCOCC)Cc1cccc(c1OCCOCC)Cc1cc(C=O)cc(c1OCCOCC)C2. The topological polar surface area (TPSA) is 108 Å². The van der Waals surface area contributed by atoms with Crippen molar-refractivity contribution in [2.75, 3.05) is 79.3 Å². The van der Waals surface area contributed by atoms with Crippen molar-refractivity contribution in [1.82, 2.24) is 0 Å². The molecule has 4 aromatic carbocycles. The van der Waals surface area contributed by atoms with Crippen molar-refractivity contribution >= 4 is 12.6 Å². The van der Waals surface area contributed by atoms with E-state index in [2.05, 4.69) is 0 Å². The Hall–Kier alpha value is -4.74. The van der Waals surface area contributed by atoms with Crippen molar-refractivity contribution in [3.8, 4) is 23.0 Å². The molecule has 5 rings (SSSR count). The first-order valence-corrected chi connectivity index (χ1v) is 19.8. The predicted molar refractivity (Wildman–Crippen MR) is 216 cm³/mol. The molecule has 8 bridgehead atoms. The normalized spacial score (nSPS) is 12.2. The summed E-state index contributed by atoms with van der Waals surface area (Å²) >= 11 is 0. The number of carbonyl (C=O) groups is 2. The molecule has 10 nitrogen and oxygen atoms in total. The molecule has 0 fully saturated rings. The molecule has 4 aromatic rings. The number of fused-ring (bicyclic) bond motifs is 8. The number of hydrogen-bond acceptors (Lipinski definition) is 10. The smallest absolute Gasteiger partial charge is 0.150 e. The fraction of sp³-hybridized carbons (Fsp3) is 0.435. The molecule has 1 aliphatic rings. The highest BCUT2D eigenvalue weighted by Crippen LogP contribution is 2.39. The standard InChI is InChI=1S/C46H56O10/c1-5-49-15-19-53-43-35-11-9-12-36(43)28-40-24-34(32-48)26-42(46(40)56-22-18-52-8-4)30-38-14-10-13-37(44(38)54-20-16-50-6-2)29-41-25-33(31-47)23-39(27-35)45(41)55-21-17-51-7-3/h9-14,23-26,31-32H,5-8,15-22,27-30H2,1-4H3. The lowest BCUT2D eigenvalue weighted by atomic mass is 9.90. The van der Waals surface area contributed by atoms with Crippen molar-refractivity contribution < 1.29 is 47.5 Å². The van der Waals surface area contributed by atoms with Crippen LogP contribution in [0.3, 0.4) is 0 Å². The summed E-state index contributed by atoms with van der Waals surface area (Å²) in [6, 6.07) is 19.8. The van der Waals surface area contributed by atoms with E-state index in [1.165, 1.54) is 0 Å². The molecule has 0 radical (unpaired) electrons. The van der Waals surface area contributed by atoms with Crippen molar-refractivity contribution in [3.05, 3.63) is 116 Å². The Morgan fingerprint density at radius 2 is 0.643 bits per heavy atom. The van der Waals surface area contributed by atoms with Crippen LogP contribution in [0.15, 0.2) is 60.7 Å². The Morgan fingerprint density at radius 1 is 0.393 bits per heavy atom. The second kappa shape index (κ2) is 22.7. The molecular weight excluding hydrogens is 712 g/mol. The minimum Gasteiger partial charge on any atom is -0.491 e. The molecule has 0 N–H and O–H groups in total. The minimum absolute atomic E-state index is 0.337. The van der Waals surface area contributed by atoms with Gasteiger partial charge in [-0.2, -0.15) is 0 Å². The van der Waals surface area contributed by atoms with Crippen LogP contribution in [0.1, 0.15) is 92.9 Å². The number of benzene rings is 4. The van der Waals surface area contributed by atoms with Crippen LogP contribution in [0.2, 0.25) is 0 Å². The van der Waals surface area contributed by atoms with Crippen molar-refractivity contribution in [1.29, 1.82) is 0 Å². The van der Waals surface area contributed by atoms with Crippen molar-refractivity contribution in [3.63, 3.8) is 0 Å². The molecule has 10 heteroatoms. The molecule has 0 atom stereocenters. The first kappa shape index (κ1) is 42.4. The van der Waals surface area contributed by atoms with Gasteiger partial charge in [0.15, 0.2) is 0 Å². The van der Waals surface area contributed by atoms with E-state index in [0.717, 1.165) is 57.1 Å². The molecule has 0 amide bonds. The second-order valence-electron chi connectivity index (χ2n) is 13.3. The summed E-state index contributed by atoms with van der Waals surface area (Å²) in [5, 5.41) is 0. The van der Waals surface area contributed by atoms with Crippen LogP contribution in [0, 0.1) is 0 Å². The lowest BCUT2D eigenvalue weighted by molar-refractivity contribution is 0.108. The third-order valence-electron chi connectivity index (χ3n) is 9.39. The predicted octanol–water partition coefficient (Wildman–Crippen LogP) is 7.65. The van der Waals surface area contributed by atoms with Crippen LogP contribution in [-0.4, -0.2) is 91.9 Å². The summed E-state index contributed by atoms with van der Waals surface area (Å²) in [5.74, 6) is 2.83. The maximum Gasteiger partial charge on any atom is 0.150 e. The summed E-state index contributed by atoms with van der Waals surface area (Å²) < 4.78 is 48.9. The molecule has 1 aliphatic carbocycles. The molecule has 0 saturated carbocycles. The van der Waals surface area contributed by atoms with Gasteiger partial charge in [0.1, 0.15) is 62.0 Å². The fourth-order valence-corrected chi connectivity index (χ4v) is 7.01. The lowest BCUT2D eigenvalue weighted by Gasteiger charge is -2.23. The summed E-state index contributed by atoms with van der Waals surface area (Å²) in [4.78, 5) is 25.0. The Bertz CT molecular complexity index is 1640. The number of carbonyl (C=O) groups excluding carboxylic acids is 2. The molecule has 56 heavy (non-hydrogen) atoms. The molecule has 0 heterocycles. The Labute approximate surface area is 331 Å². The van der Waals surface area contributed by atoms with E-state index in [0.29, 0.717) is 139 Å². The van der Waals surface area contributed by atoms with Crippen LogP contribution in [0.25, 0.3) is 0 Å². The Morgan fingerprint density at radius 3 is 0.875 bits per heavy atom. The number of rotatable bonds is 22. The average molecular weight is 769 g/mol. The number of para-hydroxylation sites is 2. The van der Waals surface area contributed by atoms with Gasteiger partial charge in [-0.1, -0.05) is 36.4 Å². The van der Waals surface area contributed by atoms with Crippen LogP contribution in [0.4, 0.5) is 0 Å². The van der Waals surface area contributed by atoms with Crippen molar-refractivity contribution in [2.45, 2.75) is 53.4 Å². The number of ether oxygens (including phenoxy) is 8. The minimum atomic E-state index is 0.337. The van der Waals surface area contributed by atoms with E-state index in [9.17, 15) is 9.59 Å². The van der Waals surface area contributed by atoms with Gasteiger partial charge >= 0.3 is 0 Å². The number of aldehydes is 2. The highest BCUT2D eigenvalue weighted by molar-refractivity contribution is 5.78. The van der Waals surface area contributed by atoms with Gasteiger partial charge in [0, 0.05) is 63.2 Å². The van der Waals surface area contributed by atoms with E-state index >= 15 is 0 Å². The zero-order valence-corrected chi connectivity index (χ0v) is 33.3. The van der Waals surface area contributed by atoms with E-state index in [4.69, 9.17) is 37.9 Å². The molecule has 0 aromatic heterocycles. The highest BCUT2D eigenvalue weighted by atomic mass is 16.5. The third-order valence-corrected chi connectivity index (χ3v) is 9.39. The van der Waals surface area contributed by atoms with E-state index < -0.39 is 0 Å². The molecule has 0 spiro atoms. The van der Waals surface area contributed by atoms with Crippen molar-refractivity contribution in [2.24, 2.45) is 0 Å². The average Bonchev–Trinajstić information content (AvgIpc) is 3.20. The molecule has 0 aliphatic heterocycles. The molecule has 0 saturated heterocycles. The quantitative estimate of drug-likeness (QED) is 0.0515. The van der Waals surface area contributed by atoms with Gasteiger partial charge in [0.25, 0.3) is 0 Å². The maximum atomic E-state index is 12.5. The third kappa shape index (κ3) is 11.6. The van der Waals surface area contributed by atoms with Gasteiger partial charge in [0.2, 0.25) is 0 Å². The van der Waals surface area contributed by atoms with Crippen LogP contribution < -0.4 is 18.9 Å². The van der Waals surface area contributed by atoms with Gasteiger partial charge in [0.05, 0.1) is 26.4 Å².